The number of nitrogens with two attached hydrogens (primary N) is 1. The number of ether oxygens (including phenoxy) is 1. The molecule has 0 spiro atoms. The standard InChI is InChI=1S/C8H12ClNOS/c1-2-11-5-7(10)8-6(9)3-4-12-8/h3-4,7H,2,5,10H2,1H3. The smallest absolute Gasteiger partial charge is 0.0667 e. The van der Waals surface area contributed by atoms with E-state index < -0.39 is 0 Å². The van der Waals surface area contributed by atoms with Crippen LogP contribution in [0.5, 0.6) is 0 Å². The Morgan fingerprint density at radius 3 is 3.00 bits per heavy atom. The second kappa shape index (κ2) is 4.82. The van der Waals surface area contributed by atoms with Gasteiger partial charge in [-0.1, -0.05) is 11.6 Å². The average Bonchev–Trinajstić information content (AvgIpc) is 2.47. The number of hydrogen-bond donors (Lipinski definition) is 1. The quantitative estimate of drug-likeness (QED) is 0.820. The van der Waals surface area contributed by atoms with Gasteiger partial charge >= 0.3 is 0 Å². The third kappa shape index (κ3) is 2.45. The van der Waals surface area contributed by atoms with E-state index in [1.807, 2.05) is 18.4 Å². The topological polar surface area (TPSA) is 35.2 Å². The highest BCUT2D eigenvalue weighted by molar-refractivity contribution is 7.10. The molecule has 2 nitrogen and oxygen atoms in total. The van der Waals surface area contributed by atoms with E-state index in [1.165, 1.54) is 0 Å². The Morgan fingerprint density at radius 2 is 2.50 bits per heavy atom. The molecule has 0 saturated carbocycles. The molecule has 0 aliphatic rings. The van der Waals surface area contributed by atoms with Crippen molar-refractivity contribution in [2.45, 2.75) is 13.0 Å². The van der Waals surface area contributed by atoms with Crippen LogP contribution in [-0.4, -0.2) is 13.2 Å². The lowest BCUT2D eigenvalue weighted by atomic mass is 10.3. The summed E-state index contributed by atoms with van der Waals surface area (Å²) >= 11 is 7.46. The normalized spacial score (nSPS) is 13.2. The lowest BCUT2D eigenvalue weighted by molar-refractivity contribution is 0.134. The van der Waals surface area contributed by atoms with Crippen LogP contribution in [0.3, 0.4) is 0 Å². The van der Waals surface area contributed by atoms with Crippen molar-refractivity contribution in [3.63, 3.8) is 0 Å². The summed E-state index contributed by atoms with van der Waals surface area (Å²) in [6, 6.07) is 1.77. The van der Waals surface area contributed by atoms with E-state index >= 15 is 0 Å². The summed E-state index contributed by atoms with van der Waals surface area (Å²) in [6.07, 6.45) is 0. The second-order valence-corrected chi connectivity index (χ2v) is 3.75. The first kappa shape index (κ1) is 9.99. The van der Waals surface area contributed by atoms with E-state index in [1.54, 1.807) is 11.3 Å². The third-order valence-corrected chi connectivity index (χ3v) is 2.97. The molecule has 12 heavy (non-hydrogen) atoms. The molecule has 0 aliphatic carbocycles. The third-order valence-electron chi connectivity index (χ3n) is 1.48. The van der Waals surface area contributed by atoms with Crippen LogP contribution < -0.4 is 5.73 Å². The highest BCUT2D eigenvalue weighted by Crippen LogP contribution is 2.27. The Balaban J connectivity index is 2.52. The lowest BCUT2D eigenvalue weighted by Crippen LogP contribution is -2.16. The zero-order valence-corrected chi connectivity index (χ0v) is 8.49. The van der Waals surface area contributed by atoms with Gasteiger partial charge in [0, 0.05) is 11.5 Å². The number of thiophene rings is 1. The zero-order chi connectivity index (χ0) is 8.97. The molecule has 1 aromatic heterocycles. The van der Waals surface area contributed by atoms with Gasteiger partial charge in [0.2, 0.25) is 0 Å². The van der Waals surface area contributed by atoms with Crippen LogP contribution in [0, 0.1) is 0 Å². The Bertz CT molecular complexity index is 239. The molecule has 1 unspecified atom stereocenters. The first-order chi connectivity index (χ1) is 5.75. The van der Waals surface area contributed by atoms with Crippen molar-refractivity contribution in [2.24, 2.45) is 5.73 Å². The summed E-state index contributed by atoms with van der Waals surface area (Å²) in [4.78, 5) is 1.00. The summed E-state index contributed by atoms with van der Waals surface area (Å²) in [5.41, 5.74) is 5.83. The van der Waals surface area contributed by atoms with Gasteiger partial charge in [0.05, 0.1) is 17.7 Å². The van der Waals surface area contributed by atoms with Crippen molar-refractivity contribution in [1.82, 2.24) is 0 Å². The molecule has 1 heterocycles. The van der Waals surface area contributed by atoms with Crippen molar-refractivity contribution >= 4 is 22.9 Å². The van der Waals surface area contributed by atoms with E-state index in [9.17, 15) is 0 Å². The molecule has 0 radical (unpaired) electrons. The predicted molar refractivity (Wildman–Crippen MR) is 52.8 cm³/mol. The van der Waals surface area contributed by atoms with E-state index in [2.05, 4.69) is 0 Å². The molecular formula is C8H12ClNOS. The predicted octanol–water partition coefficient (Wildman–Crippen LogP) is 2.44. The number of rotatable bonds is 4. The molecule has 0 bridgehead atoms. The summed E-state index contributed by atoms with van der Waals surface area (Å²) in [5.74, 6) is 0. The fraction of sp³-hybridized carbons (Fsp3) is 0.500. The SMILES string of the molecule is CCOCC(N)c1sccc1Cl. The molecule has 0 saturated heterocycles. The molecule has 0 aromatic carbocycles. The average molecular weight is 206 g/mol. The van der Waals surface area contributed by atoms with Crippen LogP contribution in [0.1, 0.15) is 17.8 Å². The summed E-state index contributed by atoms with van der Waals surface area (Å²) in [7, 11) is 0. The van der Waals surface area contributed by atoms with E-state index in [0.29, 0.717) is 13.2 Å². The monoisotopic (exact) mass is 205 g/mol. The molecule has 1 aromatic rings. The minimum absolute atomic E-state index is 0.0857. The van der Waals surface area contributed by atoms with Crippen molar-refractivity contribution in [3.05, 3.63) is 21.3 Å². The minimum atomic E-state index is -0.0857. The molecule has 0 aliphatic heterocycles. The van der Waals surface area contributed by atoms with Crippen molar-refractivity contribution in [1.29, 1.82) is 0 Å². The fourth-order valence-electron chi connectivity index (χ4n) is 0.891. The molecule has 68 valence electrons. The maximum absolute atomic E-state index is 5.89. The fourth-order valence-corrected chi connectivity index (χ4v) is 2.08. The van der Waals surface area contributed by atoms with Crippen LogP contribution in [0.15, 0.2) is 11.4 Å². The highest BCUT2D eigenvalue weighted by atomic mass is 35.5. The molecular weight excluding hydrogens is 194 g/mol. The maximum atomic E-state index is 5.89. The summed E-state index contributed by atoms with van der Waals surface area (Å²) < 4.78 is 5.20. The van der Waals surface area contributed by atoms with E-state index in [-0.39, 0.29) is 6.04 Å². The Morgan fingerprint density at radius 1 is 1.75 bits per heavy atom. The first-order valence-electron chi connectivity index (χ1n) is 3.82. The van der Waals surface area contributed by atoms with Gasteiger partial charge in [-0.15, -0.1) is 11.3 Å². The number of halogens is 1. The Hall–Kier alpha value is -0.0900. The van der Waals surface area contributed by atoms with Gasteiger partial charge in [0.15, 0.2) is 0 Å². The lowest BCUT2D eigenvalue weighted by Gasteiger charge is -2.09. The molecule has 0 fully saturated rings. The molecule has 1 rings (SSSR count). The van der Waals surface area contributed by atoms with Gasteiger partial charge < -0.3 is 10.5 Å². The highest BCUT2D eigenvalue weighted by Gasteiger charge is 2.10. The van der Waals surface area contributed by atoms with Crippen molar-refractivity contribution in [3.8, 4) is 0 Å². The van der Waals surface area contributed by atoms with Gasteiger partial charge in [-0.05, 0) is 18.4 Å². The minimum Gasteiger partial charge on any atom is -0.380 e. The summed E-state index contributed by atoms with van der Waals surface area (Å²) in [5, 5.41) is 2.68. The van der Waals surface area contributed by atoms with Gasteiger partial charge in [-0.25, -0.2) is 0 Å². The molecule has 0 amide bonds. The van der Waals surface area contributed by atoms with Crippen molar-refractivity contribution in [2.75, 3.05) is 13.2 Å². The van der Waals surface area contributed by atoms with Crippen LogP contribution in [0.25, 0.3) is 0 Å². The molecule has 1 atom stereocenters. The Kier molecular flexibility index (Phi) is 4.01. The van der Waals surface area contributed by atoms with E-state index in [4.69, 9.17) is 22.1 Å². The Labute approximate surface area is 81.3 Å². The maximum Gasteiger partial charge on any atom is 0.0667 e. The van der Waals surface area contributed by atoms with Crippen LogP contribution in [0.2, 0.25) is 5.02 Å². The number of hydrogen-bond acceptors (Lipinski definition) is 3. The molecule has 2 N–H and O–H groups in total. The van der Waals surface area contributed by atoms with Crippen LogP contribution in [-0.2, 0) is 4.74 Å². The van der Waals surface area contributed by atoms with Gasteiger partial charge in [-0.2, -0.15) is 0 Å². The summed E-state index contributed by atoms with van der Waals surface area (Å²) in [6.45, 7) is 3.18. The largest absolute Gasteiger partial charge is 0.380 e. The van der Waals surface area contributed by atoms with Crippen molar-refractivity contribution < 1.29 is 4.74 Å². The zero-order valence-electron chi connectivity index (χ0n) is 6.92. The van der Waals surface area contributed by atoms with E-state index in [0.717, 1.165) is 9.90 Å². The van der Waals surface area contributed by atoms with Gasteiger partial charge in [-0.3, -0.25) is 0 Å². The molecule has 4 heteroatoms. The van der Waals surface area contributed by atoms with Crippen LogP contribution >= 0.6 is 22.9 Å². The van der Waals surface area contributed by atoms with Crippen LogP contribution in [0.4, 0.5) is 0 Å². The second-order valence-electron chi connectivity index (χ2n) is 2.40. The first-order valence-corrected chi connectivity index (χ1v) is 5.07. The van der Waals surface area contributed by atoms with Gasteiger partial charge in [0.25, 0.3) is 0 Å². The van der Waals surface area contributed by atoms with Gasteiger partial charge in [0.1, 0.15) is 0 Å².